The molecule has 0 unspecified atom stereocenters. The van der Waals surface area contributed by atoms with Crippen LogP contribution in [0.3, 0.4) is 0 Å². The minimum absolute atomic E-state index is 0.0373. The number of carboxylic acids is 1. The molecule has 0 aromatic rings. The lowest BCUT2D eigenvalue weighted by molar-refractivity contribution is -0.161. The molecule has 0 amide bonds. The Bertz CT molecular complexity index is 1330. The topological polar surface area (TPSA) is 203 Å². The molecular formula is C46H78NO11PS. The standard InChI is InChI=1S/C46H78NO11PS/c1-3-5-7-9-11-13-15-17-18-19-20-21-23-25-27-29-31-36-45(51)58-40(38-57-59(53,54)55)37-56-46(52)41(47)39-60-43(42(48)33-32-35-44(49)50)34-30-28-26-24-22-16-14-12-10-8-6-4-2/h11-14,17-18,22,24,26,28,30,34,40-43,48H,3-10,15-16,19-21,23,25,27,29,31-33,35-39,47H2,1-2H3,(H,49,50)(H2,53,54,55)/b13-11-,14-12-,18-17-,24-22-,28-26+,34-30+/t40-,41+,42+,43-/m1/s1. The lowest BCUT2D eigenvalue weighted by Gasteiger charge is -2.22. The van der Waals surface area contributed by atoms with Crippen molar-refractivity contribution in [3.05, 3.63) is 72.9 Å². The molecule has 0 heterocycles. The number of carbonyl (C=O) groups is 3. The van der Waals surface area contributed by atoms with Gasteiger partial charge in [0.05, 0.1) is 12.7 Å². The van der Waals surface area contributed by atoms with Crippen molar-refractivity contribution in [3.8, 4) is 0 Å². The number of ether oxygens (including phenoxy) is 2. The Morgan fingerprint density at radius 3 is 1.82 bits per heavy atom. The number of allylic oxidation sites excluding steroid dienone is 11. The number of phosphoric acid groups is 1. The quantitative estimate of drug-likeness (QED) is 0.0128. The summed E-state index contributed by atoms with van der Waals surface area (Å²) in [5, 5.41) is 19.3. The Kier molecular flexibility index (Phi) is 38.4. The fraction of sp³-hybridized carbons (Fsp3) is 0.674. The van der Waals surface area contributed by atoms with Crippen molar-refractivity contribution in [2.45, 2.75) is 179 Å². The number of carbonyl (C=O) groups excluding carboxylic acids is 2. The van der Waals surface area contributed by atoms with Gasteiger partial charge in [-0.1, -0.05) is 145 Å². The first-order valence-electron chi connectivity index (χ1n) is 22.2. The number of carboxylic acid groups (broad SMARTS) is 1. The van der Waals surface area contributed by atoms with Gasteiger partial charge < -0.3 is 35.2 Å². The molecule has 0 fully saturated rings. The first kappa shape index (κ1) is 57.2. The molecule has 344 valence electrons. The first-order chi connectivity index (χ1) is 28.9. The van der Waals surface area contributed by atoms with Crippen LogP contribution < -0.4 is 5.73 Å². The number of rotatable bonds is 40. The third kappa shape index (κ3) is 39.4. The van der Waals surface area contributed by atoms with Gasteiger partial charge in [-0.15, -0.1) is 11.8 Å². The monoisotopic (exact) mass is 884 g/mol. The number of nitrogens with two attached hydrogens (primary N) is 1. The largest absolute Gasteiger partial charge is 0.481 e. The van der Waals surface area contributed by atoms with Crippen LogP contribution in [-0.2, 0) is 32.9 Å². The van der Waals surface area contributed by atoms with Gasteiger partial charge in [0.15, 0.2) is 6.10 Å². The molecule has 0 saturated heterocycles. The molecule has 0 saturated carbocycles. The molecule has 0 radical (unpaired) electrons. The Labute approximate surface area is 365 Å². The highest BCUT2D eigenvalue weighted by atomic mass is 32.2. The lowest BCUT2D eigenvalue weighted by atomic mass is 10.1. The van der Waals surface area contributed by atoms with Gasteiger partial charge in [0.2, 0.25) is 0 Å². The van der Waals surface area contributed by atoms with Crippen LogP contribution >= 0.6 is 19.6 Å². The zero-order chi connectivity index (χ0) is 44.5. The summed E-state index contributed by atoms with van der Waals surface area (Å²) < 4.78 is 26.5. The van der Waals surface area contributed by atoms with E-state index < -0.39 is 62.4 Å². The summed E-state index contributed by atoms with van der Waals surface area (Å²) in [5.74, 6) is -2.36. The molecule has 12 nitrogen and oxygen atoms in total. The van der Waals surface area contributed by atoms with Gasteiger partial charge in [0.1, 0.15) is 12.6 Å². The molecule has 0 spiro atoms. The van der Waals surface area contributed by atoms with Gasteiger partial charge in [-0.25, -0.2) is 4.57 Å². The van der Waals surface area contributed by atoms with Crippen LogP contribution in [0.15, 0.2) is 72.9 Å². The zero-order valence-corrected chi connectivity index (χ0v) is 38.2. The number of esters is 2. The van der Waals surface area contributed by atoms with Crippen molar-refractivity contribution in [2.24, 2.45) is 5.73 Å². The maximum absolute atomic E-state index is 12.8. The average Bonchev–Trinajstić information content (AvgIpc) is 3.20. The van der Waals surface area contributed by atoms with E-state index in [0.717, 1.165) is 70.6 Å². The number of aliphatic hydroxyl groups excluding tert-OH is 1. The number of hydrogen-bond acceptors (Lipinski definition) is 10. The maximum Gasteiger partial charge on any atom is 0.469 e. The normalized spacial score (nSPS) is 14.6. The zero-order valence-electron chi connectivity index (χ0n) is 36.5. The minimum atomic E-state index is -4.90. The van der Waals surface area contributed by atoms with Crippen molar-refractivity contribution in [1.29, 1.82) is 0 Å². The highest BCUT2D eigenvalue weighted by molar-refractivity contribution is 8.00. The van der Waals surface area contributed by atoms with E-state index in [4.69, 9.17) is 20.3 Å². The number of thioether (sulfide) groups is 1. The van der Waals surface area contributed by atoms with Gasteiger partial charge >= 0.3 is 25.7 Å². The van der Waals surface area contributed by atoms with Crippen LogP contribution in [0.4, 0.5) is 0 Å². The summed E-state index contributed by atoms with van der Waals surface area (Å²) in [6.07, 6.45) is 42.3. The molecule has 0 rings (SSSR count). The Morgan fingerprint density at radius 1 is 0.683 bits per heavy atom. The molecule has 0 aromatic carbocycles. The van der Waals surface area contributed by atoms with Gasteiger partial charge in [0.25, 0.3) is 0 Å². The van der Waals surface area contributed by atoms with Gasteiger partial charge in [-0.3, -0.25) is 18.9 Å². The van der Waals surface area contributed by atoms with Crippen molar-refractivity contribution in [3.63, 3.8) is 0 Å². The summed E-state index contributed by atoms with van der Waals surface area (Å²) in [6, 6.07) is -1.14. The number of hydrogen-bond donors (Lipinski definition) is 5. The second-order valence-electron chi connectivity index (χ2n) is 14.9. The van der Waals surface area contributed by atoms with Crippen molar-refractivity contribution >= 4 is 37.5 Å². The molecule has 0 aliphatic carbocycles. The highest BCUT2D eigenvalue weighted by Gasteiger charge is 2.26. The SMILES string of the molecule is CCCCC/C=C\C\C=C/C=C/C=C/[C@@H](SC[C@H](N)C(=O)OC[C@H](COP(=O)(O)O)OC(=O)CCCCCCCCC/C=C\C/C=C\CCCCC)[C@@H](O)CCCC(=O)O. The summed E-state index contributed by atoms with van der Waals surface area (Å²) >= 11 is 1.20. The minimum Gasteiger partial charge on any atom is -0.481 e. The first-order valence-corrected chi connectivity index (χ1v) is 24.8. The molecule has 0 aliphatic rings. The molecule has 4 atom stereocenters. The van der Waals surface area contributed by atoms with E-state index in [-0.39, 0.29) is 31.4 Å². The van der Waals surface area contributed by atoms with E-state index in [1.54, 1.807) is 12.2 Å². The van der Waals surface area contributed by atoms with Crippen molar-refractivity contribution < 1.29 is 52.9 Å². The van der Waals surface area contributed by atoms with Crippen molar-refractivity contribution in [1.82, 2.24) is 0 Å². The predicted molar refractivity (Wildman–Crippen MR) is 244 cm³/mol. The van der Waals surface area contributed by atoms with E-state index in [1.807, 2.05) is 24.3 Å². The molecule has 14 heteroatoms. The molecule has 0 bridgehead atoms. The van der Waals surface area contributed by atoms with E-state index in [0.29, 0.717) is 6.42 Å². The van der Waals surface area contributed by atoms with Gasteiger partial charge in [-0.2, -0.15) is 0 Å². The number of aliphatic hydroxyl groups is 1. The van der Waals surface area contributed by atoms with E-state index in [1.165, 1.54) is 50.3 Å². The van der Waals surface area contributed by atoms with E-state index >= 15 is 0 Å². The van der Waals surface area contributed by atoms with Crippen LogP contribution in [0.1, 0.15) is 155 Å². The number of aliphatic carboxylic acids is 1. The Morgan fingerprint density at radius 2 is 1.23 bits per heavy atom. The maximum atomic E-state index is 12.8. The fourth-order valence-corrected chi connectivity index (χ4v) is 7.21. The fourth-order valence-electron chi connectivity index (χ4n) is 5.73. The lowest BCUT2D eigenvalue weighted by Crippen LogP contribution is -2.38. The molecule has 0 aromatic heterocycles. The number of phosphoric ester groups is 1. The molecule has 0 aliphatic heterocycles. The molecule has 60 heavy (non-hydrogen) atoms. The third-order valence-electron chi connectivity index (χ3n) is 9.19. The highest BCUT2D eigenvalue weighted by Crippen LogP contribution is 2.36. The summed E-state index contributed by atoms with van der Waals surface area (Å²) in [5.41, 5.74) is 6.11. The Hall–Kier alpha value is -2.77. The molecule has 6 N–H and O–H groups in total. The molecular weight excluding hydrogens is 806 g/mol. The second kappa shape index (κ2) is 40.3. The van der Waals surface area contributed by atoms with E-state index in [2.05, 4.69) is 54.8 Å². The van der Waals surface area contributed by atoms with Crippen LogP contribution in [0.2, 0.25) is 0 Å². The smallest absolute Gasteiger partial charge is 0.469 e. The van der Waals surface area contributed by atoms with Crippen molar-refractivity contribution in [2.75, 3.05) is 19.0 Å². The van der Waals surface area contributed by atoms with Gasteiger partial charge in [0, 0.05) is 23.8 Å². The summed E-state index contributed by atoms with van der Waals surface area (Å²) in [7, 11) is -4.90. The summed E-state index contributed by atoms with van der Waals surface area (Å²) in [6.45, 7) is 3.18. The Balaban J connectivity index is 4.81. The van der Waals surface area contributed by atoms with Crippen LogP contribution in [0.5, 0.6) is 0 Å². The third-order valence-corrected chi connectivity index (χ3v) is 11.1. The van der Waals surface area contributed by atoms with Crippen LogP contribution in [0, 0.1) is 0 Å². The number of unbranched alkanes of at least 4 members (excludes halogenated alkanes) is 13. The van der Waals surface area contributed by atoms with Crippen LogP contribution in [0.25, 0.3) is 0 Å². The summed E-state index contributed by atoms with van der Waals surface area (Å²) in [4.78, 5) is 54.8. The van der Waals surface area contributed by atoms with E-state index in [9.17, 15) is 33.8 Å². The second-order valence-corrected chi connectivity index (χ2v) is 17.3. The van der Waals surface area contributed by atoms with Gasteiger partial charge in [-0.05, 0) is 70.6 Å². The average molecular weight is 884 g/mol. The van der Waals surface area contributed by atoms with Crippen LogP contribution in [-0.4, -0.2) is 80.4 Å². The predicted octanol–water partition coefficient (Wildman–Crippen LogP) is 10.4.